The van der Waals surface area contributed by atoms with E-state index in [2.05, 4.69) is 30.5 Å². The average Bonchev–Trinajstić information content (AvgIpc) is 2.37. The van der Waals surface area contributed by atoms with E-state index in [1.165, 1.54) is 12.2 Å². The molecule has 1 aromatic carbocycles. The average molecular weight is 292 g/mol. The van der Waals surface area contributed by atoms with Crippen molar-refractivity contribution in [2.24, 2.45) is 5.41 Å². The Balaban J connectivity index is 1.99. The predicted octanol–water partition coefficient (Wildman–Crippen LogP) is 3.98. The number of amides is 1. The third kappa shape index (κ3) is 4.44. The quantitative estimate of drug-likeness (QED) is 0.882. The van der Waals surface area contributed by atoms with Crippen LogP contribution in [0.1, 0.15) is 33.6 Å². The fraction of sp³-hybridized carbons (Fsp3) is 0.562. The molecule has 0 spiro atoms. The third-order valence-electron chi connectivity index (χ3n) is 3.45. The summed E-state index contributed by atoms with van der Waals surface area (Å²) in [5.74, 6) is 2.43. The van der Waals surface area contributed by atoms with Gasteiger partial charge in [-0.25, -0.2) is 0 Å². The van der Waals surface area contributed by atoms with Crippen LogP contribution in [0.25, 0.3) is 0 Å². The van der Waals surface area contributed by atoms with Crippen LogP contribution in [0.3, 0.4) is 0 Å². The normalized spacial score (nSPS) is 21.2. The Hall–Kier alpha value is -1.16. The Kier molecular flexibility index (Phi) is 4.97. The van der Waals surface area contributed by atoms with E-state index in [4.69, 9.17) is 0 Å². The molecule has 0 bridgehead atoms. The van der Waals surface area contributed by atoms with E-state index in [0.29, 0.717) is 17.9 Å². The number of anilines is 2. The molecule has 1 aliphatic rings. The molecular formula is C16H24N2OS. The van der Waals surface area contributed by atoms with Crippen molar-refractivity contribution in [3.8, 4) is 0 Å². The molecule has 20 heavy (non-hydrogen) atoms. The number of carbonyl (C=O) groups excluding carboxylic acids is 1. The standard InChI is InChI=1S/C16H24N2OS/c1-4-15(19)18-13-7-5-6-12(8-13)17-14-9-16(2,3)11-20-10-14/h5-8,14,17H,4,9-11H2,1-3H3,(H,18,19). The molecule has 0 saturated carbocycles. The lowest BCUT2D eigenvalue weighted by Gasteiger charge is -2.35. The molecule has 1 amide bonds. The molecule has 1 saturated heterocycles. The number of thioether (sulfide) groups is 1. The molecule has 1 heterocycles. The summed E-state index contributed by atoms with van der Waals surface area (Å²) in [6.07, 6.45) is 1.69. The Morgan fingerprint density at radius 1 is 1.40 bits per heavy atom. The van der Waals surface area contributed by atoms with Gasteiger partial charge < -0.3 is 10.6 Å². The van der Waals surface area contributed by atoms with E-state index in [9.17, 15) is 4.79 Å². The van der Waals surface area contributed by atoms with Crippen LogP contribution in [0.2, 0.25) is 0 Å². The van der Waals surface area contributed by atoms with Gasteiger partial charge in [0.1, 0.15) is 0 Å². The number of nitrogens with one attached hydrogen (secondary N) is 2. The molecule has 4 heteroatoms. The fourth-order valence-electron chi connectivity index (χ4n) is 2.53. The van der Waals surface area contributed by atoms with Crippen molar-refractivity contribution >= 4 is 29.0 Å². The number of hydrogen-bond donors (Lipinski definition) is 2. The molecule has 0 aromatic heterocycles. The molecule has 0 radical (unpaired) electrons. The van der Waals surface area contributed by atoms with Gasteiger partial charge in [0.25, 0.3) is 0 Å². The van der Waals surface area contributed by atoms with Crippen LogP contribution >= 0.6 is 11.8 Å². The highest BCUT2D eigenvalue weighted by molar-refractivity contribution is 7.99. The van der Waals surface area contributed by atoms with Crippen LogP contribution in [-0.4, -0.2) is 23.5 Å². The van der Waals surface area contributed by atoms with Gasteiger partial charge in [0.2, 0.25) is 5.91 Å². The lowest BCUT2D eigenvalue weighted by atomic mass is 9.88. The molecule has 1 fully saturated rings. The van der Waals surface area contributed by atoms with Crippen molar-refractivity contribution < 1.29 is 4.79 Å². The van der Waals surface area contributed by atoms with Crippen LogP contribution in [0.15, 0.2) is 24.3 Å². The SMILES string of the molecule is CCC(=O)Nc1cccc(NC2CSCC(C)(C)C2)c1. The highest BCUT2D eigenvalue weighted by atomic mass is 32.2. The molecule has 2 rings (SSSR count). The molecule has 1 atom stereocenters. The zero-order chi connectivity index (χ0) is 14.6. The summed E-state index contributed by atoms with van der Waals surface area (Å²) in [4.78, 5) is 11.4. The van der Waals surface area contributed by atoms with Gasteiger partial charge in [-0.3, -0.25) is 4.79 Å². The van der Waals surface area contributed by atoms with Gasteiger partial charge in [-0.1, -0.05) is 26.8 Å². The van der Waals surface area contributed by atoms with E-state index in [0.717, 1.165) is 17.1 Å². The second-order valence-corrected chi connectivity index (χ2v) is 7.24. The minimum Gasteiger partial charge on any atom is -0.381 e. The maximum Gasteiger partial charge on any atom is 0.224 e. The van der Waals surface area contributed by atoms with Crippen molar-refractivity contribution in [2.75, 3.05) is 22.1 Å². The number of benzene rings is 1. The monoisotopic (exact) mass is 292 g/mol. The predicted molar refractivity (Wildman–Crippen MR) is 88.5 cm³/mol. The van der Waals surface area contributed by atoms with Crippen molar-refractivity contribution in [2.45, 2.75) is 39.7 Å². The van der Waals surface area contributed by atoms with Gasteiger partial charge in [-0.05, 0) is 35.8 Å². The van der Waals surface area contributed by atoms with E-state index >= 15 is 0 Å². The van der Waals surface area contributed by atoms with E-state index in [1.54, 1.807) is 0 Å². The van der Waals surface area contributed by atoms with Gasteiger partial charge in [-0.2, -0.15) is 11.8 Å². The van der Waals surface area contributed by atoms with Gasteiger partial charge in [0, 0.05) is 29.6 Å². The summed E-state index contributed by atoms with van der Waals surface area (Å²) < 4.78 is 0. The largest absolute Gasteiger partial charge is 0.381 e. The maximum atomic E-state index is 11.4. The number of hydrogen-bond acceptors (Lipinski definition) is 3. The highest BCUT2D eigenvalue weighted by Crippen LogP contribution is 2.34. The van der Waals surface area contributed by atoms with E-state index in [-0.39, 0.29) is 5.91 Å². The van der Waals surface area contributed by atoms with E-state index in [1.807, 2.05) is 36.9 Å². The van der Waals surface area contributed by atoms with Crippen molar-refractivity contribution in [1.29, 1.82) is 0 Å². The van der Waals surface area contributed by atoms with Gasteiger partial charge >= 0.3 is 0 Å². The first-order valence-corrected chi connectivity index (χ1v) is 8.38. The van der Waals surface area contributed by atoms with Crippen LogP contribution in [0.4, 0.5) is 11.4 Å². The molecular weight excluding hydrogens is 268 g/mol. The molecule has 2 N–H and O–H groups in total. The summed E-state index contributed by atoms with van der Waals surface area (Å²) in [6, 6.07) is 8.49. The van der Waals surface area contributed by atoms with Crippen LogP contribution in [0.5, 0.6) is 0 Å². The minimum absolute atomic E-state index is 0.0523. The van der Waals surface area contributed by atoms with E-state index < -0.39 is 0 Å². The maximum absolute atomic E-state index is 11.4. The highest BCUT2D eigenvalue weighted by Gasteiger charge is 2.28. The summed E-state index contributed by atoms with van der Waals surface area (Å²) in [5.41, 5.74) is 2.35. The summed E-state index contributed by atoms with van der Waals surface area (Å²) in [6.45, 7) is 6.51. The first-order chi connectivity index (χ1) is 9.48. The molecule has 1 unspecified atom stereocenters. The summed E-state index contributed by atoms with van der Waals surface area (Å²) >= 11 is 2.02. The molecule has 0 aliphatic carbocycles. The van der Waals surface area contributed by atoms with Crippen molar-refractivity contribution in [1.82, 2.24) is 0 Å². The van der Waals surface area contributed by atoms with Crippen LogP contribution < -0.4 is 10.6 Å². The topological polar surface area (TPSA) is 41.1 Å². The Morgan fingerprint density at radius 3 is 2.85 bits per heavy atom. The second-order valence-electron chi connectivity index (χ2n) is 6.21. The van der Waals surface area contributed by atoms with Crippen LogP contribution in [-0.2, 0) is 4.79 Å². The Labute approximate surface area is 125 Å². The van der Waals surface area contributed by atoms with Gasteiger partial charge in [-0.15, -0.1) is 0 Å². The first kappa shape index (κ1) is 15.2. The smallest absolute Gasteiger partial charge is 0.224 e. The second kappa shape index (κ2) is 6.53. The summed E-state index contributed by atoms with van der Waals surface area (Å²) in [5, 5.41) is 6.50. The lowest BCUT2D eigenvalue weighted by Crippen LogP contribution is -2.35. The van der Waals surface area contributed by atoms with Crippen molar-refractivity contribution in [3.63, 3.8) is 0 Å². The fourth-order valence-corrected chi connectivity index (χ4v) is 3.80. The molecule has 1 aromatic rings. The Bertz CT molecular complexity index is 473. The van der Waals surface area contributed by atoms with Crippen molar-refractivity contribution in [3.05, 3.63) is 24.3 Å². The molecule has 1 aliphatic heterocycles. The lowest BCUT2D eigenvalue weighted by molar-refractivity contribution is -0.115. The van der Waals surface area contributed by atoms with Crippen LogP contribution in [0, 0.1) is 5.41 Å². The van der Waals surface area contributed by atoms with Gasteiger partial charge in [0.15, 0.2) is 0 Å². The van der Waals surface area contributed by atoms with Gasteiger partial charge in [0.05, 0.1) is 0 Å². The molecule has 3 nitrogen and oxygen atoms in total. The first-order valence-electron chi connectivity index (χ1n) is 7.23. The third-order valence-corrected chi connectivity index (χ3v) is 5.07. The zero-order valence-corrected chi connectivity index (χ0v) is 13.3. The molecule has 110 valence electrons. The number of carbonyl (C=O) groups is 1. The Morgan fingerprint density at radius 2 is 2.15 bits per heavy atom. The number of rotatable bonds is 4. The summed E-state index contributed by atoms with van der Waals surface area (Å²) in [7, 11) is 0. The minimum atomic E-state index is 0.0523. The zero-order valence-electron chi connectivity index (χ0n) is 12.5.